The second-order valence-corrected chi connectivity index (χ2v) is 7.60. The molecule has 0 N–H and O–H groups in total. The highest BCUT2D eigenvalue weighted by molar-refractivity contribution is 4.84. The van der Waals surface area contributed by atoms with Crippen LogP contribution >= 0.6 is 0 Å². The largest absolute Gasteiger partial charge is 0.379 e. The van der Waals surface area contributed by atoms with Gasteiger partial charge in [-0.3, -0.25) is 0 Å². The maximum Gasteiger partial charge on any atom is 0.0584 e. The molecule has 1 saturated carbocycles. The summed E-state index contributed by atoms with van der Waals surface area (Å²) >= 11 is 0. The van der Waals surface area contributed by atoms with Gasteiger partial charge in [0.25, 0.3) is 0 Å². The number of piperidine rings is 1. The minimum absolute atomic E-state index is 0.379. The molecule has 0 aromatic carbocycles. The first-order valence-corrected chi connectivity index (χ1v) is 9.02. The Morgan fingerprint density at radius 3 is 2.19 bits per heavy atom. The lowest BCUT2D eigenvalue weighted by molar-refractivity contribution is -0.0694. The van der Waals surface area contributed by atoms with Crippen molar-refractivity contribution in [1.82, 2.24) is 4.90 Å². The molecule has 2 aliphatic rings. The minimum Gasteiger partial charge on any atom is -0.379 e. The van der Waals surface area contributed by atoms with E-state index in [1.165, 1.54) is 51.7 Å². The van der Waals surface area contributed by atoms with E-state index in [2.05, 4.69) is 32.6 Å². The van der Waals surface area contributed by atoms with Crippen molar-refractivity contribution in [2.75, 3.05) is 26.2 Å². The summed E-state index contributed by atoms with van der Waals surface area (Å²) in [5, 5.41) is 0. The van der Waals surface area contributed by atoms with Crippen LogP contribution in [-0.4, -0.2) is 49.5 Å². The quantitative estimate of drug-likeness (QED) is 0.681. The van der Waals surface area contributed by atoms with Crippen LogP contribution < -0.4 is 0 Å². The first-order chi connectivity index (χ1) is 10.0. The zero-order valence-corrected chi connectivity index (χ0v) is 14.5. The first-order valence-electron chi connectivity index (χ1n) is 9.02. The molecule has 0 radical (unpaired) electrons. The van der Waals surface area contributed by atoms with Crippen LogP contribution in [0.15, 0.2) is 0 Å². The van der Waals surface area contributed by atoms with E-state index in [4.69, 9.17) is 9.47 Å². The summed E-state index contributed by atoms with van der Waals surface area (Å²) < 4.78 is 11.5. The molecule has 2 rings (SSSR count). The molecule has 0 unspecified atom stereocenters. The zero-order chi connectivity index (χ0) is 15.2. The molecule has 3 nitrogen and oxygen atoms in total. The van der Waals surface area contributed by atoms with Crippen LogP contribution in [0, 0.1) is 11.8 Å². The number of hydrogen-bond acceptors (Lipinski definition) is 3. The molecule has 0 amide bonds. The Morgan fingerprint density at radius 1 is 0.952 bits per heavy atom. The van der Waals surface area contributed by atoms with Gasteiger partial charge in [0.1, 0.15) is 0 Å². The molecule has 1 aliphatic heterocycles. The molecule has 2 fully saturated rings. The van der Waals surface area contributed by atoms with E-state index in [1.807, 2.05) is 0 Å². The topological polar surface area (TPSA) is 21.7 Å². The predicted octanol–water partition coefficient (Wildman–Crippen LogP) is 3.72. The molecule has 0 spiro atoms. The summed E-state index contributed by atoms with van der Waals surface area (Å²) in [5.41, 5.74) is 0. The monoisotopic (exact) mass is 297 g/mol. The van der Waals surface area contributed by atoms with Crippen LogP contribution in [0.1, 0.15) is 59.8 Å². The lowest BCUT2D eigenvalue weighted by Crippen LogP contribution is -2.43. The van der Waals surface area contributed by atoms with Crippen molar-refractivity contribution in [2.24, 2.45) is 11.8 Å². The molecule has 1 aliphatic carbocycles. The number of ether oxygens (including phenoxy) is 2. The molecule has 0 aromatic rings. The Kier molecular flexibility index (Phi) is 6.97. The van der Waals surface area contributed by atoms with E-state index in [0.29, 0.717) is 18.3 Å². The highest BCUT2D eigenvalue weighted by atomic mass is 16.5. The van der Waals surface area contributed by atoms with E-state index in [0.717, 1.165) is 18.4 Å². The van der Waals surface area contributed by atoms with Crippen LogP contribution in [0.3, 0.4) is 0 Å². The van der Waals surface area contributed by atoms with Crippen LogP contribution in [0.5, 0.6) is 0 Å². The third-order valence-corrected chi connectivity index (χ3v) is 4.86. The summed E-state index contributed by atoms with van der Waals surface area (Å²) in [6.07, 6.45) is 7.84. The van der Waals surface area contributed by atoms with Gasteiger partial charge >= 0.3 is 0 Å². The number of hydrogen-bond donors (Lipinski definition) is 0. The van der Waals surface area contributed by atoms with Gasteiger partial charge in [0.2, 0.25) is 0 Å². The summed E-state index contributed by atoms with van der Waals surface area (Å²) in [6.45, 7) is 13.3. The Labute approximate surface area is 131 Å². The Morgan fingerprint density at radius 2 is 1.62 bits per heavy atom. The normalized spacial score (nSPS) is 28.3. The Hall–Kier alpha value is -0.120. The maximum atomic E-state index is 5.85. The van der Waals surface area contributed by atoms with E-state index in [9.17, 15) is 0 Å². The van der Waals surface area contributed by atoms with Gasteiger partial charge in [-0.05, 0) is 84.7 Å². The molecule has 3 heteroatoms. The van der Waals surface area contributed by atoms with E-state index >= 15 is 0 Å². The van der Waals surface area contributed by atoms with Gasteiger partial charge in [-0.25, -0.2) is 0 Å². The Bertz CT molecular complexity index is 279. The zero-order valence-electron chi connectivity index (χ0n) is 14.5. The van der Waals surface area contributed by atoms with Gasteiger partial charge in [-0.1, -0.05) is 0 Å². The van der Waals surface area contributed by atoms with Gasteiger partial charge < -0.3 is 14.4 Å². The summed E-state index contributed by atoms with van der Waals surface area (Å²) in [6, 6.07) is 0. The second kappa shape index (κ2) is 8.50. The maximum absolute atomic E-state index is 5.85. The van der Waals surface area contributed by atoms with Crippen LogP contribution in [-0.2, 0) is 9.47 Å². The third-order valence-electron chi connectivity index (χ3n) is 4.86. The van der Waals surface area contributed by atoms with Crippen molar-refractivity contribution in [1.29, 1.82) is 0 Å². The fourth-order valence-corrected chi connectivity index (χ4v) is 3.61. The van der Waals surface area contributed by atoms with E-state index in [1.54, 1.807) is 0 Å². The fraction of sp³-hybridized carbons (Fsp3) is 1.00. The predicted molar refractivity (Wildman–Crippen MR) is 87.6 cm³/mol. The molecular formula is C18H35NO2. The van der Waals surface area contributed by atoms with Crippen molar-refractivity contribution in [2.45, 2.75) is 78.1 Å². The molecule has 1 saturated heterocycles. The lowest BCUT2D eigenvalue weighted by atomic mass is 9.81. The average molecular weight is 297 g/mol. The standard InChI is InChI=1S/C18H35NO2/c1-14(2)20-10-7-16-5-8-19(9-6-16)13-17-11-18(12-17)21-15(3)4/h14-18H,5-13H2,1-4H3. The molecule has 1 heterocycles. The number of rotatable bonds is 8. The average Bonchev–Trinajstić information content (AvgIpc) is 2.37. The van der Waals surface area contributed by atoms with Gasteiger partial charge in [0, 0.05) is 13.2 Å². The van der Waals surface area contributed by atoms with E-state index in [-0.39, 0.29) is 0 Å². The molecule has 124 valence electrons. The van der Waals surface area contributed by atoms with Crippen molar-refractivity contribution in [3.05, 3.63) is 0 Å². The summed E-state index contributed by atoms with van der Waals surface area (Å²) in [4.78, 5) is 2.68. The fourth-order valence-electron chi connectivity index (χ4n) is 3.61. The summed E-state index contributed by atoms with van der Waals surface area (Å²) in [7, 11) is 0. The lowest BCUT2D eigenvalue weighted by Gasteiger charge is -2.41. The highest BCUT2D eigenvalue weighted by Gasteiger charge is 2.32. The summed E-state index contributed by atoms with van der Waals surface area (Å²) in [5.74, 6) is 1.77. The molecule has 0 aromatic heterocycles. The van der Waals surface area contributed by atoms with Crippen LogP contribution in [0.2, 0.25) is 0 Å². The second-order valence-electron chi connectivity index (χ2n) is 7.60. The van der Waals surface area contributed by atoms with E-state index < -0.39 is 0 Å². The van der Waals surface area contributed by atoms with Crippen molar-refractivity contribution >= 4 is 0 Å². The van der Waals surface area contributed by atoms with Gasteiger partial charge in [0.15, 0.2) is 0 Å². The molecule has 0 atom stereocenters. The van der Waals surface area contributed by atoms with Gasteiger partial charge in [-0.2, -0.15) is 0 Å². The minimum atomic E-state index is 0.379. The Balaban J connectivity index is 1.52. The number of likely N-dealkylation sites (tertiary alicyclic amines) is 1. The van der Waals surface area contributed by atoms with Crippen molar-refractivity contribution in [3.63, 3.8) is 0 Å². The van der Waals surface area contributed by atoms with Gasteiger partial charge in [-0.15, -0.1) is 0 Å². The molecule has 21 heavy (non-hydrogen) atoms. The smallest absolute Gasteiger partial charge is 0.0584 e. The van der Waals surface area contributed by atoms with Gasteiger partial charge in [0.05, 0.1) is 18.3 Å². The van der Waals surface area contributed by atoms with Crippen molar-refractivity contribution < 1.29 is 9.47 Å². The van der Waals surface area contributed by atoms with Crippen LogP contribution in [0.4, 0.5) is 0 Å². The molecular weight excluding hydrogens is 262 g/mol. The number of nitrogens with zero attached hydrogens (tertiary/aromatic N) is 1. The molecule has 0 bridgehead atoms. The first kappa shape index (κ1) is 17.2. The van der Waals surface area contributed by atoms with Crippen molar-refractivity contribution in [3.8, 4) is 0 Å². The highest BCUT2D eigenvalue weighted by Crippen LogP contribution is 2.32. The van der Waals surface area contributed by atoms with Crippen LogP contribution in [0.25, 0.3) is 0 Å². The SMILES string of the molecule is CC(C)OCCC1CCN(CC2CC(OC(C)C)C2)CC1. The third kappa shape index (κ3) is 6.25.